The Labute approximate surface area is 102 Å². The van der Waals surface area contributed by atoms with Crippen molar-refractivity contribution in [2.24, 2.45) is 0 Å². The number of hydrogen-bond acceptors (Lipinski definition) is 7. The molecule has 0 spiro atoms. The Morgan fingerprint density at radius 2 is 2.06 bits per heavy atom. The standard InChI is InChI=1S/C9H13N5S2/c1-5(2)7-8(16-14-12-7)9-13-11-6(15-9)4-10-3/h5,10H,4H2,1-3H3. The number of nitrogens with one attached hydrogen (secondary N) is 1. The summed E-state index contributed by atoms with van der Waals surface area (Å²) >= 11 is 2.98. The van der Waals surface area contributed by atoms with Crippen molar-refractivity contribution in [2.45, 2.75) is 26.3 Å². The van der Waals surface area contributed by atoms with Crippen molar-refractivity contribution >= 4 is 22.9 Å². The third kappa shape index (κ3) is 2.26. The Balaban J connectivity index is 2.31. The van der Waals surface area contributed by atoms with Gasteiger partial charge in [0.1, 0.15) is 9.88 Å². The first kappa shape index (κ1) is 11.6. The fourth-order valence-corrected chi connectivity index (χ4v) is 3.03. The fraction of sp³-hybridized carbons (Fsp3) is 0.556. The third-order valence-corrected chi connectivity index (χ3v) is 3.87. The molecule has 1 N–H and O–H groups in total. The van der Waals surface area contributed by atoms with Gasteiger partial charge in [-0.2, -0.15) is 0 Å². The number of hydrogen-bond donors (Lipinski definition) is 1. The van der Waals surface area contributed by atoms with E-state index >= 15 is 0 Å². The van der Waals surface area contributed by atoms with E-state index in [1.165, 1.54) is 11.5 Å². The average Bonchev–Trinajstić information content (AvgIpc) is 2.83. The predicted octanol–water partition coefficient (Wildman–Crippen LogP) is 1.90. The van der Waals surface area contributed by atoms with Crippen molar-refractivity contribution in [1.82, 2.24) is 25.1 Å². The molecule has 0 bridgehead atoms. The molecule has 86 valence electrons. The normalized spacial score (nSPS) is 11.2. The van der Waals surface area contributed by atoms with Crippen LogP contribution in [0.5, 0.6) is 0 Å². The van der Waals surface area contributed by atoms with Gasteiger partial charge in [0.25, 0.3) is 0 Å². The molecule has 0 unspecified atom stereocenters. The van der Waals surface area contributed by atoms with Crippen LogP contribution in [0.1, 0.15) is 30.5 Å². The lowest BCUT2D eigenvalue weighted by Gasteiger charge is -1.99. The zero-order valence-electron chi connectivity index (χ0n) is 9.39. The van der Waals surface area contributed by atoms with Gasteiger partial charge in [-0.3, -0.25) is 0 Å². The molecule has 16 heavy (non-hydrogen) atoms. The van der Waals surface area contributed by atoms with Crippen LogP contribution in [0.25, 0.3) is 9.88 Å². The second kappa shape index (κ2) is 4.94. The minimum Gasteiger partial charge on any atom is -0.313 e. The van der Waals surface area contributed by atoms with E-state index in [9.17, 15) is 0 Å². The lowest BCUT2D eigenvalue weighted by molar-refractivity contribution is 0.794. The highest BCUT2D eigenvalue weighted by atomic mass is 32.1. The Hall–Kier alpha value is -0.920. The lowest BCUT2D eigenvalue weighted by Crippen LogP contribution is -2.04. The van der Waals surface area contributed by atoms with E-state index in [2.05, 4.69) is 38.9 Å². The van der Waals surface area contributed by atoms with Gasteiger partial charge >= 0.3 is 0 Å². The summed E-state index contributed by atoms with van der Waals surface area (Å²) in [6.07, 6.45) is 0. The van der Waals surface area contributed by atoms with E-state index < -0.39 is 0 Å². The molecule has 2 aromatic heterocycles. The van der Waals surface area contributed by atoms with Gasteiger partial charge in [-0.25, -0.2) is 0 Å². The van der Waals surface area contributed by atoms with Gasteiger partial charge in [0.2, 0.25) is 0 Å². The molecule has 0 atom stereocenters. The van der Waals surface area contributed by atoms with Gasteiger partial charge in [0.15, 0.2) is 5.01 Å². The number of aromatic nitrogens is 4. The van der Waals surface area contributed by atoms with E-state index in [0.29, 0.717) is 5.92 Å². The minimum absolute atomic E-state index is 0.366. The van der Waals surface area contributed by atoms with Crippen molar-refractivity contribution in [3.63, 3.8) is 0 Å². The van der Waals surface area contributed by atoms with Gasteiger partial charge in [-0.05, 0) is 24.5 Å². The molecule has 0 fully saturated rings. The summed E-state index contributed by atoms with van der Waals surface area (Å²) in [6, 6.07) is 0. The summed E-state index contributed by atoms with van der Waals surface area (Å²) in [5.74, 6) is 0.366. The molecule has 0 radical (unpaired) electrons. The molecule has 0 aliphatic heterocycles. The van der Waals surface area contributed by atoms with Crippen molar-refractivity contribution in [1.29, 1.82) is 0 Å². The van der Waals surface area contributed by atoms with Crippen LogP contribution in [0.3, 0.4) is 0 Å². The van der Waals surface area contributed by atoms with E-state index in [0.717, 1.165) is 27.1 Å². The zero-order valence-corrected chi connectivity index (χ0v) is 11.0. The molecule has 2 aromatic rings. The molecule has 2 rings (SSSR count). The van der Waals surface area contributed by atoms with Gasteiger partial charge in [0.05, 0.1) is 5.69 Å². The van der Waals surface area contributed by atoms with Gasteiger partial charge in [0, 0.05) is 6.54 Å². The van der Waals surface area contributed by atoms with Gasteiger partial charge in [-0.1, -0.05) is 29.7 Å². The van der Waals surface area contributed by atoms with Crippen molar-refractivity contribution in [2.75, 3.05) is 7.05 Å². The molecular weight excluding hydrogens is 242 g/mol. The summed E-state index contributed by atoms with van der Waals surface area (Å²) in [5.41, 5.74) is 1.01. The van der Waals surface area contributed by atoms with Crippen LogP contribution in [0.2, 0.25) is 0 Å². The molecule has 2 heterocycles. The molecule has 7 heteroatoms. The van der Waals surface area contributed by atoms with Crippen LogP contribution in [0, 0.1) is 0 Å². The van der Waals surface area contributed by atoms with Crippen LogP contribution in [-0.4, -0.2) is 26.8 Å². The van der Waals surface area contributed by atoms with Gasteiger partial charge in [-0.15, -0.1) is 15.3 Å². The summed E-state index contributed by atoms with van der Waals surface area (Å²) in [4.78, 5) is 1.05. The molecule has 0 aliphatic carbocycles. The topological polar surface area (TPSA) is 63.6 Å². The second-order valence-electron chi connectivity index (χ2n) is 3.67. The molecule has 0 amide bonds. The summed E-state index contributed by atoms with van der Waals surface area (Å²) in [6.45, 7) is 4.96. The molecule has 0 aliphatic rings. The second-order valence-corrected chi connectivity index (χ2v) is 5.49. The monoisotopic (exact) mass is 255 g/mol. The minimum atomic E-state index is 0.366. The molecular formula is C9H13N5S2. The third-order valence-electron chi connectivity index (χ3n) is 2.05. The smallest absolute Gasteiger partial charge is 0.161 e. The van der Waals surface area contributed by atoms with Crippen molar-refractivity contribution in [3.8, 4) is 9.88 Å². The molecule has 0 aromatic carbocycles. The Morgan fingerprint density at radius 3 is 2.75 bits per heavy atom. The average molecular weight is 255 g/mol. The Morgan fingerprint density at radius 1 is 1.25 bits per heavy atom. The van der Waals surface area contributed by atoms with Crippen LogP contribution in [0.15, 0.2) is 0 Å². The highest BCUT2D eigenvalue weighted by Crippen LogP contribution is 2.32. The van der Waals surface area contributed by atoms with Crippen LogP contribution < -0.4 is 5.32 Å². The summed E-state index contributed by atoms with van der Waals surface area (Å²) < 4.78 is 3.99. The quantitative estimate of drug-likeness (QED) is 0.904. The maximum absolute atomic E-state index is 4.18. The van der Waals surface area contributed by atoms with Gasteiger partial charge < -0.3 is 5.32 Å². The summed E-state index contributed by atoms with van der Waals surface area (Å²) in [7, 11) is 1.90. The largest absolute Gasteiger partial charge is 0.313 e. The first-order valence-corrected chi connectivity index (χ1v) is 6.61. The maximum atomic E-state index is 4.18. The van der Waals surface area contributed by atoms with Crippen molar-refractivity contribution in [3.05, 3.63) is 10.7 Å². The van der Waals surface area contributed by atoms with E-state index in [-0.39, 0.29) is 0 Å². The fourth-order valence-electron chi connectivity index (χ4n) is 1.29. The molecule has 5 nitrogen and oxygen atoms in total. The highest BCUT2D eigenvalue weighted by Gasteiger charge is 2.17. The Kier molecular flexibility index (Phi) is 3.57. The summed E-state index contributed by atoms with van der Waals surface area (Å²) in [5, 5.41) is 17.4. The predicted molar refractivity (Wildman–Crippen MR) is 65.7 cm³/mol. The highest BCUT2D eigenvalue weighted by molar-refractivity contribution is 7.19. The molecule has 0 saturated carbocycles. The Bertz CT molecular complexity index is 462. The molecule has 0 saturated heterocycles. The van der Waals surface area contributed by atoms with Crippen molar-refractivity contribution < 1.29 is 0 Å². The van der Waals surface area contributed by atoms with Crippen LogP contribution >= 0.6 is 22.9 Å². The SMILES string of the molecule is CNCc1nnc(-c2snnc2C(C)C)s1. The van der Waals surface area contributed by atoms with Crippen LogP contribution in [0.4, 0.5) is 0 Å². The van der Waals surface area contributed by atoms with Crippen LogP contribution in [-0.2, 0) is 6.54 Å². The van der Waals surface area contributed by atoms with E-state index in [1.807, 2.05) is 7.05 Å². The zero-order chi connectivity index (χ0) is 11.5. The number of nitrogens with zero attached hydrogens (tertiary/aromatic N) is 4. The maximum Gasteiger partial charge on any atom is 0.161 e. The van der Waals surface area contributed by atoms with E-state index in [4.69, 9.17) is 0 Å². The van der Waals surface area contributed by atoms with E-state index in [1.54, 1.807) is 11.3 Å². The number of rotatable bonds is 4. The first-order valence-electron chi connectivity index (χ1n) is 5.02. The first-order chi connectivity index (χ1) is 7.72. The lowest BCUT2D eigenvalue weighted by atomic mass is 10.1.